The van der Waals surface area contributed by atoms with Crippen LogP contribution in [-0.4, -0.2) is 96.1 Å². The molecule has 200 valence electrons. The lowest BCUT2D eigenvalue weighted by molar-refractivity contribution is -0.157. The summed E-state index contributed by atoms with van der Waals surface area (Å²) >= 11 is 0. The van der Waals surface area contributed by atoms with Crippen LogP contribution in [0.1, 0.15) is 26.6 Å². The fraction of sp³-hybridized carbons (Fsp3) is 0.500. The number of anilines is 1. The van der Waals surface area contributed by atoms with Crippen molar-refractivity contribution in [3.8, 4) is 12.0 Å². The van der Waals surface area contributed by atoms with Crippen LogP contribution < -0.4 is 9.64 Å². The predicted octanol–water partition coefficient (Wildman–Crippen LogP) is 1.46. The van der Waals surface area contributed by atoms with Gasteiger partial charge in [-0.05, 0) is 26.0 Å². The number of para-hydroxylation sites is 2. The SMILES string of the molecule is CCc1nc2ccccc2n1-c1nc(N2CCOCC2)c2nc(OC3CN(C(=O)C(C)(C)O)C3)n(C)c2n1. The standard InChI is InChI=1S/C26H32N8O4/c1-5-19-27-17-8-6-7-9-18(17)34(19)24-29-21-20(22(30-24)32-10-12-37-13-11-32)28-25(31(21)4)38-16-14-33(15-16)23(35)26(2,3)36/h6-9,16,36H,5,10-15H2,1-4H3. The molecule has 3 aromatic heterocycles. The van der Waals surface area contributed by atoms with Crippen molar-refractivity contribution in [3.05, 3.63) is 30.1 Å². The first-order valence-corrected chi connectivity index (χ1v) is 13.0. The van der Waals surface area contributed by atoms with E-state index >= 15 is 0 Å². The second-order valence-corrected chi connectivity index (χ2v) is 10.3. The average molecular weight is 521 g/mol. The number of ether oxygens (including phenoxy) is 2. The molecule has 1 amide bonds. The summed E-state index contributed by atoms with van der Waals surface area (Å²) in [6, 6.07) is 8.39. The van der Waals surface area contributed by atoms with Crippen molar-refractivity contribution in [2.24, 2.45) is 7.05 Å². The maximum absolute atomic E-state index is 12.3. The van der Waals surface area contributed by atoms with E-state index in [0.29, 0.717) is 62.5 Å². The van der Waals surface area contributed by atoms with Crippen LogP contribution in [0.25, 0.3) is 28.1 Å². The highest BCUT2D eigenvalue weighted by atomic mass is 16.5. The summed E-state index contributed by atoms with van der Waals surface area (Å²) in [7, 11) is 1.87. The zero-order valence-electron chi connectivity index (χ0n) is 22.1. The molecule has 1 aromatic carbocycles. The first-order chi connectivity index (χ1) is 18.2. The van der Waals surface area contributed by atoms with E-state index in [4.69, 9.17) is 29.4 Å². The Hall–Kier alpha value is -3.77. The summed E-state index contributed by atoms with van der Waals surface area (Å²) in [5.74, 6) is 1.82. The van der Waals surface area contributed by atoms with Crippen molar-refractivity contribution in [2.75, 3.05) is 44.3 Å². The van der Waals surface area contributed by atoms with Crippen molar-refractivity contribution >= 4 is 33.9 Å². The Morgan fingerprint density at radius 1 is 1.13 bits per heavy atom. The molecule has 0 radical (unpaired) electrons. The number of imidazole rings is 2. The number of benzene rings is 1. The van der Waals surface area contributed by atoms with Crippen molar-refractivity contribution in [2.45, 2.75) is 38.9 Å². The molecule has 0 atom stereocenters. The average Bonchev–Trinajstić information content (AvgIpc) is 3.42. The molecule has 2 saturated heterocycles. The molecule has 0 unspecified atom stereocenters. The van der Waals surface area contributed by atoms with Crippen molar-refractivity contribution in [3.63, 3.8) is 0 Å². The van der Waals surface area contributed by atoms with Crippen LogP contribution >= 0.6 is 0 Å². The third kappa shape index (κ3) is 4.13. The number of rotatable bonds is 6. The quantitative estimate of drug-likeness (QED) is 0.402. The van der Waals surface area contributed by atoms with Gasteiger partial charge in [-0.2, -0.15) is 15.0 Å². The lowest BCUT2D eigenvalue weighted by atomic mass is 10.0. The second kappa shape index (κ2) is 9.21. The first kappa shape index (κ1) is 24.6. The highest BCUT2D eigenvalue weighted by Crippen LogP contribution is 2.31. The Kier molecular flexibility index (Phi) is 5.95. The van der Waals surface area contributed by atoms with Crippen LogP contribution in [0, 0.1) is 0 Å². The number of hydrogen-bond acceptors (Lipinski definition) is 9. The molecule has 2 aliphatic rings. The minimum Gasteiger partial charge on any atom is -0.458 e. The number of aryl methyl sites for hydroxylation is 2. The van der Waals surface area contributed by atoms with Gasteiger partial charge in [-0.25, -0.2) is 4.98 Å². The maximum atomic E-state index is 12.3. The smallest absolute Gasteiger partial charge is 0.298 e. The maximum Gasteiger partial charge on any atom is 0.298 e. The van der Waals surface area contributed by atoms with E-state index in [1.54, 1.807) is 4.90 Å². The van der Waals surface area contributed by atoms with Gasteiger partial charge in [0, 0.05) is 26.6 Å². The summed E-state index contributed by atoms with van der Waals surface area (Å²) in [6.07, 6.45) is 0.505. The van der Waals surface area contributed by atoms with Crippen LogP contribution in [0.2, 0.25) is 0 Å². The molecule has 12 heteroatoms. The molecule has 5 heterocycles. The molecule has 1 N–H and O–H groups in total. The van der Waals surface area contributed by atoms with E-state index in [2.05, 4.69) is 11.8 Å². The van der Waals surface area contributed by atoms with E-state index in [1.165, 1.54) is 13.8 Å². The highest BCUT2D eigenvalue weighted by Gasteiger charge is 2.39. The lowest BCUT2D eigenvalue weighted by Gasteiger charge is -2.40. The Bertz CT molecular complexity index is 1510. The number of aliphatic hydroxyl groups is 1. The molecule has 38 heavy (non-hydrogen) atoms. The molecule has 0 spiro atoms. The molecule has 12 nitrogen and oxygen atoms in total. The third-order valence-electron chi connectivity index (χ3n) is 7.04. The van der Waals surface area contributed by atoms with Crippen LogP contribution in [0.15, 0.2) is 24.3 Å². The molecule has 4 aromatic rings. The molecular weight excluding hydrogens is 488 g/mol. The number of likely N-dealkylation sites (tertiary alicyclic amines) is 1. The van der Waals surface area contributed by atoms with Gasteiger partial charge in [0.05, 0.1) is 37.3 Å². The van der Waals surface area contributed by atoms with Crippen molar-refractivity contribution in [1.29, 1.82) is 0 Å². The molecule has 6 rings (SSSR count). The van der Waals surface area contributed by atoms with Gasteiger partial charge < -0.3 is 24.4 Å². The summed E-state index contributed by atoms with van der Waals surface area (Å²) in [5.41, 5.74) is 1.73. The lowest BCUT2D eigenvalue weighted by Crippen LogP contribution is -2.60. The molecular formula is C26H32N8O4. The zero-order chi connectivity index (χ0) is 26.6. The number of fused-ring (bicyclic) bond motifs is 2. The first-order valence-electron chi connectivity index (χ1n) is 13.0. The number of morpholine rings is 1. The zero-order valence-corrected chi connectivity index (χ0v) is 22.1. The van der Waals surface area contributed by atoms with Crippen LogP contribution in [0.3, 0.4) is 0 Å². The van der Waals surface area contributed by atoms with Gasteiger partial charge in [-0.15, -0.1) is 0 Å². The van der Waals surface area contributed by atoms with Gasteiger partial charge in [-0.1, -0.05) is 19.1 Å². The van der Waals surface area contributed by atoms with Crippen LogP contribution in [0.5, 0.6) is 6.01 Å². The highest BCUT2D eigenvalue weighted by molar-refractivity contribution is 5.87. The monoisotopic (exact) mass is 520 g/mol. The minimum atomic E-state index is -1.41. The van der Waals surface area contributed by atoms with Crippen LogP contribution in [0.4, 0.5) is 5.82 Å². The predicted molar refractivity (Wildman–Crippen MR) is 141 cm³/mol. The fourth-order valence-electron chi connectivity index (χ4n) is 4.97. The molecule has 2 aliphatic heterocycles. The van der Waals surface area contributed by atoms with E-state index in [-0.39, 0.29) is 12.0 Å². The van der Waals surface area contributed by atoms with E-state index < -0.39 is 5.60 Å². The second-order valence-electron chi connectivity index (χ2n) is 10.3. The van der Waals surface area contributed by atoms with Gasteiger partial charge in [0.15, 0.2) is 17.0 Å². The normalized spacial score (nSPS) is 16.9. The molecule has 0 bridgehead atoms. The molecule has 0 aliphatic carbocycles. The molecule has 2 fully saturated rings. The number of amides is 1. The number of hydrogen-bond donors (Lipinski definition) is 1. The Morgan fingerprint density at radius 2 is 1.87 bits per heavy atom. The number of carbonyl (C=O) groups excluding carboxylic acids is 1. The van der Waals surface area contributed by atoms with Gasteiger partial charge >= 0.3 is 0 Å². The fourth-order valence-corrected chi connectivity index (χ4v) is 4.97. The van der Waals surface area contributed by atoms with Gasteiger partial charge in [0.2, 0.25) is 5.95 Å². The number of aromatic nitrogens is 6. The summed E-state index contributed by atoms with van der Waals surface area (Å²) in [6.45, 7) is 8.44. The van der Waals surface area contributed by atoms with Gasteiger partial charge in [-0.3, -0.25) is 13.9 Å². The van der Waals surface area contributed by atoms with Gasteiger partial charge in [0.1, 0.15) is 17.5 Å². The summed E-state index contributed by atoms with van der Waals surface area (Å²) < 4.78 is 15.6. The topological polar surface area (TPSA) is 124 Å². The Morgan fingerprint density at radius 3 is 2.58 bits per heavy atom. The Balaban J connectivity index is 1.41. The number of carbonyl (C=O) groups is 1. The van der Waals surface area contributed by atoms with Crippen molar-refractivity contribution < 1.29 is 19.4 Å². The third-order valence-corrected chi connectivity index (χ3v) is 7.04. The largest absolute Gasteiger partial charge is 0.458 e. The minimum absolute atomic E-state index is 0.222. The van der Waals surface area contributed by atoms with Gasteiger partial charge in [0.25, 0.3) is 11.9 Å². The van der Waals surface area contributed by atoms with Crippen molar-refractivity contribution in [1.82, 2.24) is 34.0 Å². The Labute approximate surface area is 219 Å². The molecule has 0 saturated carbocycles. The van der Waals surface area contributed by atoms with Crippen LogP contribution in [-0.2, 0) is 23.0 Å². The van der Waals surface area contributed by atoms with E-state index in [1.807, 2.05) is 40.4 Å². The summed E-state index contributed by atoms with van der Waals surface area (Å²) in [5, 5.41) is 10.0. The van der Waals surface area contributed by atoms with E-state index in [9.17, 15) is 9.90 Å². The number of nitrogens with zero attached hydrogens (tertiary/aromatic N) is 8. The van der Waals surface area contributed by atoms with E-state index in [0.717, 1.165) is 29.1 Å². The summed E-state index contributed by atoms with van der Waals surface area (Å²) in [4.78, 5) is 35.7.